The third-order valence-corrected chi connectivity index (χ3v) is 10.1. The average molecular weight is 523 g/mol. The van der Waals surface area contributed by atoms with Crippen LogP contribution in [-0.4, -0.2) is 0 Å². The number of hydrogen-bond donors (Lipinski definition) is 0. The van der Waals surface area contributed by atoms with E-state index in [1.807, 2.05) is 0 Å². The van der Waals surface area contributed by atoms with Crippen LogP contribution in [0.15, 0.2) is 133 Å². The second-order valence-electron chi connectivity index (χ2n) is 12.0. The van der Waals surface area contributed by atoms with Crippen molar-refractivity contribution < 1.29 is 0 Å². The molecule has 1 atom stereocenters. The molecule has 0 aromatic heterocycles. The fraction of sp³-hybridized carbons (Fsp3) is 0.122. The summed E-state index contributed by atoms with van der Waals surface area (Å²) < 4.78 is 0. The summed E-state index contributed by atoms with van der Waals surface area (Å²) in [7, 11) is 0. The fourth-order valence-corrected chi connectivity index (χ4v) is 8.36. The van der Waals surface area contributed by atoms with E-state index < -0.39 is 0 Å². The van der Waals surface area contributed by atoms with Crippen molar-refractivity contribution in [2.75, 3.05) is 0 Å². The summed E-state index contributed by atoms with van der Waals surface area (Å²) in [4.78, 5) is 0. The molecule has 6 aromatic rings. The quantitative estimate of drug-likeness (QED) is 0.201. The van der Waals surface area contributed by atoms with E-state index in [1.165, 1.54) is 84.3 Å². The third-order valence-electron chi connectivity index (χ3n) is 10.1. The third kappa shape index (κ3) is 2.95. The maximum Gasteiger partial charge on any atom is 0.0725 e. The van der Waals surface area contributed by atoms with Crippen LogP contribution in [0.5, 0.6) is 0 Å². The number of benzene rings is 6. The molecule has 0 amide bonds. The lowest BCUT2D eigenvalue weighted by molar-refractivity contribution is 0.690. The van der Waals surface area contributed by atoms with Crippen molar-refractivity contribution in [1.82, 2.24) is 0 Å². The van der Waals surface area contributed by atoms with Crippen molar-refractivity contribution in [1.29, 1.82) is 0 Å². The van der Waals surface area contributed by atoms with Crippen LogP contribution in [0.1, 0.15) is 52.6 Å². The second kappa shape index (κ2) is 8.41. The Morgan fingerprint density at radius 3 is 1.63 bits per heavy atom. The maximum absolute atomic E-state index is 2.54. The van der Waals surface area contributed by atoms with Gasteiger partial charge in [-0.1, -0.05) is 134 Å². The van der Waals surface area contributed by atoms with Gasteiger partial charge >= 0.3 is 0 Å². The number of rotatable bonds is 1. The molecule has 6 aromatic carbocycles. The zero-order valence-corrected chi connectivity index (χ0v) is 23.2. The monoisotopic (exact) mass is 522 g/mol. The molecule has 0 N–H and O–H groups in total. The standard InChI is InChI=1S/C41H30/c1-26-21-22-27-11-2-3-12-29(27)35-17-10-16-30(40(26)35)28-23-24-34-33-15-6-9-20-38(33)41(39(34)25-28)36-18-7-4-13-31(36)32-14-5-8-19-37(32)41/h2-20,23-26H,21-22H2,1H3. The van der Waals surface area contributed by atoms with Crippen molar-refractivity contribution in [3.63, 3.8) is 0 Å². The van der Waals surface area contributed by atoms with Gasteiger partial charge in [-0.15, -0.1) is 0 Å². The average Bonchev–Trinajstić information content (AvgIpc) is 3.44. The minimum absolute atomic E-state index is 0.306. The molecule has 0 saturated heterocycles. The van der Waals surface area contributed by atoms with Gasteiger partial charge in [0.1, 0.15) is 0 Å². The highest BCUT2D eigenvalue weighted by molar-refractivity contribution is 5.96. The van der Waals surface area contributed by atoms with E-state index in [2.05, 4.69) is 140 Å². The minimum Gasteiger partial charge on any atom is -0.0620 e. The van der Waals surface area contributed by atoms with Crippen molar-refractivity contribution in [2.45, 2.75) is 31.1 Å². The first-order chi connectivity index (χ1) is 20.3. The van der Waals surface area contributed by atoms with E-state index in [1.54, 1.807) is 0 Å². The topological polar surface area (TPSA) is 0 Å². The normalized spacial score (nSPS) is 16.7. The SMILES string of the molecule is CC1CCc2ccccc2-c2cccc(-c3ccc4c(c3)C3(c5ccccc5-c5ccccc53)c3ccccc3-4)c21. The Morgan fingerprint density at radius 2 is 0.976 bits per heavy atom. The molecule has 3 aliphatic carbocycles. The first kappa shape index (κ1) is 23.1. The van der Waals surface area contributed by atoms with Crippen LogP contribution in [-0.2, 0) is 11.8 Å². The number of hydrogen-bond acceptors (Lipinski definition) is 0. The summed E-state index contributed by atoms with van der Waals surface area (Å²) in [5.74, 6) is 0.487. The van der Waals surface area contributed by atoms with Crippen LogP contribution in [0.2, 0.25) is 0 Å². The summed E-state index contributed by atoms with van der Waals surface area (Å²) in [6.07, 6.45) is 2.30. The van der Waals surface area contributed by atoms with E-state index in [0.29, 0.717) is 5.92 Å². The lowest BCUT2D eigenvalue weighted by Crippen LogP contribution is -2.25. The van der Waals surface area contributed by atoms with Gasteiger partial charge in [0.25, 0.3) is 0 Å². The molecule has 194 valence electrons. The van der Waals surface area contributed by atoms with Crippen LogP contribution in [0.25, 0.3) is 44.5 Å². The first-order valence-corrected chi connectivity index (χ1v) is 14.9. The molecule has 0 bridgehead atoms. The molecule has 0 aliphatic heterocycles. The van der Waals surface area contributed by atoms with Crippen LogP contribution in [0.3, 0.4) is 0 Å². The van der Waals surface area contributed by atoms with Crippen LogP contribution < -0.4 is 0 Å². The van der Waals surface area contributed by atoms with Gasteiger partial charge in [0.05, 0.1) is 5.41 Å². The van der Waals surface area contributed by atoms with Crippen molar-refractivity contribution in [3.8, 4) is 44.5 Å². The molecule has 0 nitrogen and oxygen atoms in total. The lowest BCUT2D eigenvalue weighted by Gasteiger charge is -2.31. The lowest BCUT2D eigenvalue weighted by atomic mass is 9.70. The Kier molecular flexibility index (Phi) is 4.73. The van der Waals surface area contributed by atoms with Crippen molar-refractivity contribution >= 4 is 0 Å². The van der Waals surface area contributed by atoms with Gasteiger partial charge in [-0.2, -0.15) is 0 Å². The Labute approximate surface area is 242 Å². The molecular formula is C41H30. The van der Waals surface area contributed by atoms with E-state index in [0.717, 1.165) is 6.42 Å². The molecule has 1 unspecified atom stereocenters. The van der Waals surface area contributed by atoms with Gasteiger partial charge in [-0.3, -0.25) is 0 Å². The van der Waals surface area contributed by atoms with E-state index in [-0.39, 0.29) is 5.41 Å². The molecule has 1 spiro atoms. The van der Waals surface area contributed by atoms with Gasteiger partial charge in [0, 0.05) is 0 Å². The highest BCUT2D eigenvalue weighted by Crippen LogP contribution is 2.63. The molecule has 0 heteroatoms. The molecule has 9 rings (SSSR count). The number of fused-ring (bicyclic) bond motifs is 13. The van der Waals surface area contributed by atoms with E-state index in [9.17, 15) is 0 Å². The highest BCUT2D eigenvalue weighted by atomic mass is 14.5. The summed E-state index contributed by atoms with van der Waals surface area (Å²) in [5, 5.41) is 0. The molecule has 0 fully saturated rings. The Bertz CT molecular complexity index is 1960. The van der Waals surface area contributed by atoms with Crippen molar-refractivity contribution in [3.05, 3.63) is 167 Å². The zero-order chi connectivity index (χ0) is 27.1. The van der Waals surface area contributed by atoms with E-state index >= 15 is 0 Å². The Hall–Kier alpha value is -4.68. The highest BCUT2D eigenvalue weighted by Gasteiger charge is 2.51. The minimum atomic E-state index is -0.306. The largest absolute Gasteiger partial charge is 0.0725 e. The summed E-state index contributed by atoms with van der Waals surface area (Å²) in [6.45, 7) is 2.42. The van der Waals surface area contributed by atoms with Crippen LogP contribution >= 0.6 is 0 Å². The summed E-state index contributed by atoms with van der Waals surface area (Å²) in [5.41, 5.74) is 19.2. The smallest absolute Gasteiger partial charge is 0.0620 e. The van der Waals surface area contributed by atoms with Crippen LogP contribution in [0, 0.1) is 0 Å². The van der Waals surface area contributed by atoms with Gasteiger partial charge in [0.2, 0.25) is 0 Å². The molecular weight excluding hydrogens is 492 g/mol. The van der Waals surface area contributed by atoms with Gasteiger partial charge < -0.3 is 0 Å². The summed E-state index contributed by atoms with van der Waals surface area (Å²) >= 11 is 0. The molecule has 0 heterocycles. The molecule has 41 heavy (non-hydrogen) atoms. The van der Waals surface area contributed by atoms with E-state index in [4.69, 9.17) is 0 Å². The fourth-order valence-electron chi connectivity index (χ4n) is 8.36. The van der Waals surface area contributed by atoms with Crippen LogP contribution in [0.4, 0.5) is 0 Å². The van der Waals surface area contributed by atoms with Gasteiger partial charge in [0.15, 0.2) is 0 Å². The summed E-state index contributed by atoms with van der Waals surface area (Å²) in [6, 6.07) is 50.5. The molecule has 0 saturated carbocycles. The second-order valence-corrected chi connectivity index (χ2v) is 12.0. The van der Waals surface area contributed by atoms with Crippen molar-refractivity contribution in [2.24, 2.45) is 0 Å². The Balaban J connectivity index is 1.35. The molecule has 0 radical (unpaired) electrons. The maximum atomic E-state index is 2.54. The first-order valence-electron chi connectivity index (χ1n) is 14.9. The van der Waals surface area contributed by atoms with Gasteiger partial charge in [-0.05, 0) is 103 Å². The van der Waals surface area contributed by atoms with Gasteiger partial charge in [-0.25, -0.2) is 0 Å². The zero-order valence-electron chi connectivity index (χ0n) is 23.2. The molecule has 3 aliphatic rings. The predicted molar refractivity (Wildman–Crippen MR) is 170 cm³/mol. The Morgan fingerprint density at radius 1 is 0.463 bits per heavy atom. The predicted octanol–water partition coefficient (Wildman–Crippen LogP) is 10.4. The number of aryl methyl sites for hydroxylation is 1.